The van der Waals surface area contributed by atoms with E-state index >= 15 is 0 Å². The smallest absolute Gasteiger partial charge is 0.236 e. The van der Waals surface area contributed by atoms with Crippen molar-refractivity contribution in [1.29, 1.82) is 0 Å². The Morgan fingerprint density at radius 3 is 2.39 bits per heavy atom. The van der Waals surface area contributed by atoms with E-state index in [9.17, 15) is 4.79 Å². The highest BCUT2D eigenvalue weighted by Crippen LogP contribution is 2.11. The van der Waals surface area contributed by atoms with E-state index in [4.69, 9.17) is 4.99 Å². The molecule has 0 saturated carbocycles. The normalized spacial score (nSPS) is 19.6. The second-order valence-corrected chi connectivity index (χ2v) is 7.53. The lowest BCUT2D eigenvalue weighted by Gasteiger charge is -2.37. The van der Waals surface area contributed by atoms with Gasteiger partial charge < -0.3 is 15.1 Å². The lowest BCUT2D eigenvalue weighted by Crippen LogP contribution is -2.54. The van der Waals surface area contributed by atoms with E-state index in [1.165, 1.54) is 12.8 Å². The Morgan fingerprint density at radius 1 is 1.07 bits per heavy atom. The maximum Gasteiger partial charge on any atom is 0.236 e. The van der Waals surface area contributed by atoms with Gasteiger partial charge in [-0.1, -0.05) is 12.8 Å². The van der Waals surface area contributed by atoms with Gasteiger partial charge in [0, 0.05) is 52.9 Å². The van der Waals surface area contributed by atoms with Gasteiger partial charge in [-0.05, 0) is 19.8 Å². The minimum atomic E-state index is 0.290. The van der Waals surface area contributed by atoms with E-state index in [0.29, 0.717) is 19.0 Å². The number of aromatic nitrogens is 3. The molecule has 0 aromatic carbocycles. The van der Waals surface area contributed by atoms with Crippen LogP contribution in [-0.4, -0.2) is 93.7 Å². The molecular weight excluding hydrogens is 356 g/mol. The molecule has 1 aromatic rings. The molecule has 0 unspecified atom stereocenters. The molecule has 1 amide bonds. The number of guanidine groups is 1. The molecule has 1 N–H and O–H groups in total. The van der Waals surface area contributed by atoms with Crippen molar-refractivity contribution in [2.75, 3.05) is 52.4 Å². The van der Waals surface area contributed by atoms with Gasteiger partial charge in [0.2, 0.25) is 5.91 Å². The number of aryl methyl sites for hydroxylation is 1. The molecule has 0 bridgehead atoms. The fourth-order valence-corrected chi connectivity index (χ4v) is 3.76. The van der Waals surface area contributed by atoms with Gasteiger partial charge in [0.25, 0.3) is 0 Å². The first-order valence-electron chi connectivity index (χ1n) is 10.5. The standard InChI is InChI=1S/C19H34N8O/c1-3-20-19(21-14-17-22-16-23-24(17)2)27-12-10-25(11-13-27)15-18(28)26-8-6-4-5-7-9-26/h16H,3-15H2,1-2H3,(H,20,21). The van der Waals surface area contributed by atoms with Crippen molar-refractivity contribution in [3.8, 4) is 0 Å². The van der Waals surface area contributed by atoms with Crippen molar-refractivity contribution in [2.45, 2.75) is 39.2 Å². The first kappa shape index (κ1) is 20.6. The van der Waals surface area contributed by atoms with Gasteiger partial charge in [0.15, 0.2) is 5.96 Å². The Balaban J connectivity index is 1.49. The number of likely N-dealkylation sites (tertiary alicyclic amines) is 1. The number of carbonyl (C=O) groups excluding carboxylic acids is 1. The molecule has 2 aliphatic rings. The van der Waals surface area contributed by atoms with Crippen LogP contribution in [-0.2, 0) is 18.4 Å². The Kier molecular flexibility index (Phi) is 7.64. The topological polar surface area (TPSA) is 81.9 Å². The summed E-state index contributed by atoms with van der Waals surface area (Å²) in [5.74, 6) is 2.04. The number of aliphatic imine (C=N–C) groups is 1. The Labute approximate surface area is 167 Å². The Bertz CT molecular complexity index is 642. The predicted octanol–water partition coefficient (Wildman–Crippen LogP) is 0.301. The van der Waals surface area contributed by atoms with Crippen LogP contribution in [0.2, 0.25) is 0 Å². The summed E-state index contributed by atoms with van der Waals surface area (Å²) in [5.41, 5.74) is 0. The third kappa shape index (κ3) is 5.67. The van der Waals surface area contributed by atoms with E-state index in [2.05, 4.69) is 37.0 Å². The summed E-state index contributed by atoms with van der Waals surface area (Å²) in [6, 6.07) is 0. The van der Waals surface area contributed by atoms with E-state index in [1.807, 2.05) is 7.05 Å². The number of rotatable bonds is 5. The number of piperazine rings is 1. The second kappa shape index (κ2) is 10.4. The average molecular weight is 391 g/mol. The molecule has 0 aliphatic carbocycles. The molecule has 3 rings (SSSR count). The van der Waals surface area contributed by atoms with Gasteiger partial charge in [0.05, 0.1) is 6.54 Å². The van der Waals surface area contributed by atoms with Crippen molar-refractivity contribution in [3.63, 3.8) is 0 Å². The van der Waals surface area contributed by atoms with E-state index in [-0.39, 0.29) is 0 Å². The van der Waals surface area contributed by atoms with Crippen LogP contribution in [0.4, 0.5) is 0 Å². The van der Waals surface area contributed by atoms with Gasteiger partial charge in [-0.2, -0.15) is 5.10 Å². The Morgan fingerprint density at radius 2 is 1.79 bits per heavy atom. The highest BCUT2D eigenvalue weighted by Gasteiger charge is 2.23. The van der Waals surface area contributed by atoms with Crippen LogP contribution < -0.4 is 5.32 Å². The maximum atomic E-state index is 12.6. The number of carbonyl (C=O) groups is 1. The number of hydrogen-bond donors (Lipinski definition) is 1. The van der Waals surface area contributed by atoms with Crippen LogP contribution in [0.3, 0.4) is 0 Å². The van der Waals surface area contributed by atoms with Crippen LogP contribution in [0.25, 0.3) is 0 Å². The number of amides is 1. The molecule has 9 nitrogen and oxygen atoms in total. The molecule has 2 saturated heterocycles. The fourth-order valence-electron chi connectivity index (χ4n) is 3.76. The molecule has 156 valence electrons. The van der Waals surface area contributed by atoms with Gasteiger partial charge >= 0.3 is 0 Å². The lowest BCUT2D eigenvalue weighted by atomic mass is 10.2. The van der Waals surface area contributed by atoms with Gasteiger partial charge in [-0.3, -0.25) is 14.4 Å². The van der Waals surface area contributed by atoms with Crippen molar-refractivity contribution in [1.82, 2.24) is 34.8 Å². The van der Waals surface area contributed by atoms with E-state index in [0.717, 1.165) is 70.4 Å². The van der Waals surface area contributed by atoms with E-state index < -0.39 is 0 Å². The van der Waals surface area contributed by atoms with Gasteiger partial charge in [-0.15, -0.1) is 0 Å². The monoisotopic (exact) mass is 390 g/mol. The number of nitrogens with one attached hydrogen (secondary N) is 1. The van der Waals surface area contributed by atoms with Crippen LogP contribution in [0, 0.1) is 0 Å². The van der Waals surface area contributed by atoms with Gasteiger partial charge in [-0.25, -0.2) is 9.98 Å². The minimum Gasteiger partial charge on any atom is -0.357 e. The first-order valence-corrected chi connectivity index (χ1v) is 10.5. The highest BCUT2D eigenvalue weighted by atomic mass is 16.2. The highest BCUT2D eigenvalue weighted by molar-refractivity contribution is 5.80. The summed E-state index contributed by atoms with van der Waals surface area (Å²) in [6.07, 6.45) is 6.35. The fraction of sp³-hybridized carbons (Fsp3) is 0.789. The third-order valence-corrected chi connectivity index (χ3v) is 5.50. The number of nitrogens with zero attached hydrogens (tertiary/aromatic N) is 7. The molecule has 1 aromatic heterocycles. The third-order valence-electron chi connectivity index (χ3n) is 5.50. The maximum absolute atomic E-state index is 12.6. The minimum absolute atomic E-state index is 0.290. The molecule has 28 heavy (non-hydrogen) atoms. The van der Waals surface area contributed by atoms with Crippen molar-refractivity contribution in [2.24, 2.45) is 12.0 Å². The van der Waals surface area contributed by atoms with Crippen LogP contribution in [0.5, 0.6) is 0 Å². The quantitative estimate of drug-likeness (QED) is 0.575. The molecule has 2 aliphatic heterocycles. The second-order valence-electron chi connectivity index (χ2n) is 7.53. The van der Waals surface area contributed by atoms with Crippen molar-refractivity contribution in [3.05, 3.63) is 12.2 Å². The SMILES string of the molecule is CCNC(=NCc1ncnn1C)N1CCN(CC(=O)N2CCCCCC2)CC1. The molecule has 0 radical (unpaired) electrons. The molecule has 9 heteroatoms. The summed E-state index contributed by atoms with van der Waals surface area (Å²) < 4.78 is 1.75. The molecule has 0 spiro atoms. The van der Waals surface area contributed by atoms with E-state index in [1.54, 1.807) is 11.0 Å². The summed E-state index contributed by atoms with van der Waals surface area (Å²) in [5, 5.41) is 7.47. The lowest BCUT2D eigenvalue weighted by molar-refractivity contribution is -0.132. The first-order chi connectivity index (χ1) is 13.7. The zero-order chi connectivity index (χ0) is 19.8. The van der Waals surface area contributed by atoms with Crippen LogP contribution in [0.1, 0.15) is 38.4 Å². The molecular formula is C19H34N8O. The van der Waals surface area contributed by atoms with Crippen molar-refractivity contribution >= 4 is 11.9 Å². The van der Waals surface area contributed by atoms with Crippen LogP contribution >= 0.6 is 0 Å². The Hall–Kier alpha value is -2.16. The van der Waals surface area contributed by atoms with Crippen LogP contribution in [0.15, 0.2) is 11.3 Å². The molecule has 3 heterocycles. The molecule has 0 atom stereocenters. The van der Waals surface area contributed by atoms with Gasteiger partial charge in [0.1, 0.15) is 18.7 Å². The number of hydrogen-bond acceptors (Lipinski definition) is 5. The summed E-state index contributed by atoms with van der Waals surface area (Å²) in [6.45, 7) is 9.32. The zero-order valence-corrected chi connectivity index (χ0v) is 17.3. The van der Waals surface area contributed by atoms with Crippen molar-refractivity contribution < 1.29 is 4.79 Å². The summed E-state index contributed by atoms with van der Waals surface area (Å²) in [7, 11) is 1.88. The predicted molar refractivity (Wildman–Crippen MR) is 109 cm³/mol. The zero-order valence-electron chi connectivity index (χ0n) is 17.3. The average Bonchev–Trinajstić information content (AvgIpc) is 2.94. The largest absolute Gasteiger partial charge is 0.357 e. The summed E-state index contributed by atoms with van der Waals surface area (Å²) >= 11 is 0. The summed E-state index contributed by atoms with van der Waals surface area (Å²) in [4.78, 5) is 28.2. The molecule has 2 fully saturated rings.